The lowest BCUT2D eigenvalue weighted by molar-refractivity contribution is -0.0578. The number of halogens is 3. The number of rotatable bonds is 4. The smallest absolute Gasteiger partial charge is 0.260 e. The molecular formula is C11H19F3O3S. The summed E-state index contributed by atoms with van der Waals surface area (Å²) in [6.07, 6.45) is 4.44. The number of alkyl halides is 3. The molecule has 0 aromatic rings. The summed E-state index contributed by atoms with van der Waals surface area (Å²) < 4.78 is 62.6. The normalized spacial score (nSPS) is 26.9. The van der Waals surface area contributed by atoms with Crippen LogP contribution in [0.25, 0.3) is 0 Å². The van der Waals surface area contributed by atoms with Crippen molar-refractivity contribution in [1.29, 1.82) is 0 Å². The van der Waals surface area contributed by atoms with Gasteiger partial charge in [-0.05, 0) is 25.2 Å². The lowest BCUT2D eigenvalue weighted by Gasteiger charge is -2.16. The third kappa shape index (κ3) is 4.42. The molecule has 3 nitrogen and oxygen atoms in total. The molecule has 18 heavy (non-hydrogen) atoms. The van der Waals surface area contributed by atoms with Crippen LogP contribution in [0.2, 0.25) is 0 Å². The summed E-state index contributed by atoms with van der Waals surface area (Å²) in [4.78, 5) is 0. The summed E-state index contributed by atoms with van der Waals surface area (Å²) in [6, 6.07) is 0. The van der Waals surface area contributed by atoms with Crippen LogP contribution < -0.4 is 0 Å². The van der Waals surface area contributed by atoms with Crippen molar-refractivity contribution in [2.45, 2.75) is 63.5 Å². The highest BCUT2D eigenvalue weighted by Crippen LogP contribution is 2.32. The third-order valence-corrected chi connectivity index (χ3v) is 4.37. The van der Waals surface area contributed by atoms with E-state index >= 15 is 0 Å². The van der Waals surface area contributed by atoms with Crippen LogP contribution in [0.5, 0.6) is 0 Å². The van der Waals surface area contributed by atoms with Crippen molar-refractivity contribution in [3.63, 3.8) is 0 Å². The fourth-order valence-electron chi connectivity index (χ4n) is 2.37. The Hall–Kier alpha value is -0.300. The van der Waals surface area contributed by atoms with E-state index < -0.39 is 21.7 Å². The van der Waals surface area contributed by atoms with Crippen molar-refractivity contribution in [1.82, 2.24) is 0 Å². The van der Waals surface area contributed by atoms with Gasteiger partial charge in [0, 0.05) is 0 Å². The topological polar surface area (TPSA) is 43.4 Å². The van der Waals surface area contributed by atoms with Crippen molar-refractivity contribution in [3.05, 3.63) is 0 Å². The summed E-state index contributed by atoms with van der Waals surface area (Å²) in [5.41, 5.74) is -5.32. The van der Waals surface area contributed by atoms with E-state index in [0.717, 1.165) is 32.1 Å². The molecule has 0 saturated heterocycles. The molecule has 2 atom stereocenters. The third-order valence-electron chi connectivity index (χ3n) is 3.28. The van der Waals surface area contributed by atoms with Gasteiger partial charge < -0.3 is 0 Å². The van der Waals surface area contributed by atoms with Crippen LogP contribution in [0.1, 0.15) is 51.9 Å². The molecule has 0 aromatic carbocycles. The van der Waals surface area contributed by atoms with Gasteiger partial charge in [-0.3, -0.25) is 4.18 Å². The standard InChI is InChI=1S/C11H19F3O3S/c1-2-4-9-5-3-6-10(8-7-9)17-18(15,16)11(12,13)14/h9-10H,2-8H2,1H3. The van der Waals surface area contributed by atoms with Crippen molar-refractivity contribution in [2.75, 3.05) is 0 Å². The Balaban J connectivity index is 2.55. The van der Waals surface area contributed by atoms with Gasteiger partial charge in [0.05, 0.1) is 6.10 Å². The Labute approximate surface area is 106 Å². The zero-order chi connectivity index (χ0) is 13.8. The van der Waals surface area contributed by atoms with Gasteiger partial charge in [-0.15, -0.1) is 0 Å². The van der Waals surface area contributed by atoms with E-state index in [1.165, 1.54) is 0 Å². The summed E-state index contributed by atoms with van der Waals surface area (Å²) in [7, 11) is -5.44. The highest BCUT2D eigenvalue weighted by Gasteiger charge is 2.48. The van der Waals surface area contributed by atoms with Crippen LogP contribution in [-0.2, 0) is 14.3 Å². The molecule has 0 radical (unpaired) electrons. The van der Waals surface area contributed by atoms with Crippen LogP contribution in [0.3, 0.4) is 0 Å². The second-order valence-corrected chi connectivity index (χ2v) is 6.34. The fraction of sp³-hybridized carbons (Fsp3) is 1.00. The molecule has 0 N–H and O–H groups in total. The maximum Gasteiger partial charge on any atom is 0.523 e. The molecule has 7 heteroatoms. The average molecular weight is 288 g/mol. The molecule has 0 aliphatic heterocycles. The predicted octanol–water partition coefficient (Wildman–Crippen LogP) is 3.60. The molecule has 1 aliphatic rings. The number of hydrogen-bond donors (Lipinski definition) is 0. The van der Waals surface area contributed by atoms with Gasteiger partial charge in [-0.2, -0.15) is 21.6 Å². The highest BCUT2D eigenvalue weighted by molar-refractivity contribution is 7.87. The first kappa shape index (κ1) is 15.8. The Morgan fingerprint density at radius 2 is 1.83 bits per heavy atom. The van der Waals surface area contributed by atoms with E-state index in [1.54, 1.807) is 0 Å². The summed E-state index contributed by atoms with van der Waals surface area (Å²) in [5.74, 6) is 0.484. The monoisotopic (exact) mass is 288 g/mol. The van der Waals surface area contributed by atoms with E-state index in [4.69, 9.17) is 0 Å². The Morgan fingerprint density at radius 1 is 1.17 bits per heavy atom. The quantitative estimate of drug-likeness (QED) is 0.451. The van der Waals surface area contributed by atoms with Gasteiger partial charge in [0.25, 0.3) is 0 Å². The van der Waals surface area contributed by atoms with Gasteiger partial charge >= 0.3 is 15.6 Å². The zero-order valence-electron chi connectivity index (χ0n) is 10.4. The van der Waals surface area contributed by atoms with E-state index in [9.17, 15) is 21.6 Å². The van der Waals surface area contributed by atoms with Crippen LogP contribution in [0.15, 0.2) is 0 Å². The molecule has 2 unspecified atom stereocenters. The predicted molar refractivity (Wildman–Crippen MR) is 61.3 cm³/mol. The fourth-order valence-corrected chi connectivity index (χ4v) is 3.03. The maximum absolute atomic E-state index is 12.2. The minimum absolute atomic E-state index is 0.384. The lowest BCUT2D eigenvalue weighted by Crippen LogP contribution is -2.30. The SMILES string of the molecule is CCCC1CCCC(OS(=O)(=O)C(F)(F)F)CC1. The molecule has 0 bridgehead atoms. The molecule has 0 spiro atoms. The Kier molecular flexibility index (Phi) is 5.46. The largest absolute Gasteiger partial charge is 0.523 e. The van der Waals surface area contributed by atoms with Crippen LogP contribution in [-0.4, -0.2) is 20.0 Å². The van der Waals surface area contributed by atoms with Gasteiger partial charge in [0.1, 0.15) is 0 Å². The lowest BCUT2D eigenvalue weighted by atomic mass is 9.95. The van der Waals surface area contributed by atoms with Crippen molar-refractivity contribution < 1.29 is 25.8 Å². The maximum atomic E-state index is 12.2. The second-order valence-electron chi connectivity index (χ2n) is 4.78. The van der Waals surface area contributed by atoms with Crippen molar-refractivity contribution >= 4 is 10.1 Å². The van der Waals surface area contributed by atoms with E-state index in [-0.39, 0.29) is 0 Å². The van der Waals surface area contributed by atoms with E-state index in [0.29, 0.717) is 18.8 Å². The van der Waals surface area contributed by atoms with Gasteiger partial charge in [-0.1, -0.05) is 32.6 Å². The van der Waals surface area contributed by atoms with Crippen LogP contribution in [0, 0.1) is 5.92 Å². The highest BCUT2D eigenvalue weighted by atomic mass is 32.2. The summed E-state index contributed by atoms with van der Waals surface area (Å²) >= 11 is 0. The van der Waals surface area contributed by atoms with Crippen LogP contribution in [0.4, 0.5) is 13.2 Å². The van der Waals surface area contributed by atoms with E-state index in [1.807, 2.05) is 0 Å². The van der Waals surface area contributed by atoms with Gasteiger partial charge in [0.2, 0.25) is 0 Å². The van der Waals surface area contributed by atoms with Crippen molar-refractivity contribution in [3.8, 4) is 0 Å². The Morgan fingerprint density at radius 3 is 2.39 bits per heavy atom. The second kappa shape index (κ2) is 6.23. The average Bonchev–Trinajstić information content (AvgIpc) is 2.42. The minimum Gasteiger partial charge on any atom is -0.260 e. The Bertz CT molecular complexity index is 351. The molecule has 108 valence electrons. The summed E-state index contributed by atoms with van der Waals surface area (Å²) in [6.45, 7) is 2.06. The van der Waals surface area contributed by atoms with Crippen LogP contribution >= 0.6 is 0 Å². The summed E-state index contributed by atoms with van der Waals surface area (Å²) in [5, 5.41) is 0. The number of hydrogen-bond acceptors (Lipinski definition) is 3. The zero-order valence-corrected chi connectivity index (χ0v) is 11.2. The first-order valence-electron chi connectivity index (χ1n) is 6.26. The first-order chi connectivity index (χ1) is 8.26. The molecule has 1 aliphatic carbocycles. The molecule has 1 fully saturated rings. The minimum atomic E-state index is -5.44. The van der Waals surface area contributed by atoms with Crippen molar-refractivity contribution in [2.24, 2.45) is 5.92 Å². The molecule has 0 amide bonds. The first-order valence-corrected chi connectivity index (χ1v) is 7.66. The molecule has 0 aromatic heterocycles. The molecular weight excluding hydrogens is 269 g/mol. The molecule has 1 saturated carbocycles. The van der Waals surface area contributed by atoms with Gasteiger partial charge in [-0.25, -0.2) is 0 Å². The molecule has 1 rings (SSSR count). The van der Waals surface area contributed by atoms with Gasteiger partial charge in [0.15, 0.2) is 0 Å². The van der Waals surface area contributed by atoms with E-state index in [2.05, 4.69) is 11.1 Å². The molecule has 0 heterocycles.